The van der Waals surface area contributed by atoms with E-state index >= 15 is 0 Å². The number of unbranched alkanes of at least 4 members (excludes halogenated alkanes) is 1. The van der Waals surface area contributed by atoms with Crippen LogP contribution in [0.5, 0.6) is 0 Å². The molecular weight excluding hydrogens is 408 g/mol. The number of aliphatic carboxylic acids is 1. The SMILES string of the molecule is NC(=O)c1cccc2[nH]c(C3NCCC3C3(CCCCC(=O)O)CCSS3)nc12. The van der Waals surface area contributed by atoms with Gasteiger partial charge in [0.05, 0.1) is 17.1 Å². The molecule has 2 fully saturated rings. The summed E-state index contributed by atoms with van der Waals surface area (Å²) < 4.78 is 0.128. The van der Waals surface area contributed by atoms with Crippen molar-refractivity contribution in [2.45, 2.75) is 49.3 Å². The van der Waals surface area contributed by atoms with Gasteiger partial charge in [0.1, 0.15) is 11.3 Å². The normalized spacial score (nSPS) is 26.9. The van der Waals surface area contributed by atoms with Crippen LogP contribution in [0, 0.1) is 5.92 Å². The number of primary amides is 1. The van der Waals surface area contributed by atoms with Crippen LogP contribution < -0.4 is 11.1 Å². The van der Waals surface area contributed by atoms with Crippen molar-refractivity contribution in [2.24, 2.45) is 11.7 Å². The van der Waals surface area contributed by atoms with Crippen molar-refractivity contribution in [1.29, 1.82) is 0 Å². The van der Waals surface area contributed by atoms with E-state index in [1.807, 2.05) is 33.7 Å². The van der Waals surface area contributed by atoms with E-state index < -0.39 is 11.9 Å². The highest BCUT2D eigenvalue weighted by atomic mass is 33.1. The van der Waals surface area contributed by atoms with Crippen LogP contribution in [-0.2, 0) is 4.79 Å². The summed E-state index contributed by atoms with van der Waals surface area (Å²) in [6.07, 6.45) is 5.10. The Morgan fingerprint density at radius 1 is 1.34 bits per heavy atom. The van der Waals surface area contributed by atoms with Crippen LogP contribution in [0.15, 0.2) is 18.2 Å². The molecule has 0 bridgehead atoms. The predicted molar refractivity (Wildman–Crippen MR) is 117 cm³/mol. The number of aromatic amines is 1. The lowest BCUT2D eigenvalue weighted by atomic mass is 9.79. The van der Waals surface area contributed by atoms with Crippen molar-refractivity contribution in [2.75, 3.05) is 12.3 Å². The zero-order valence-corrected chi connectivity index (χ0v) is 17.8. The number of benzene rings is 1. The van der Waals surface area contributed by atoms with E-state index in [0.29, 0.717) is 17.0 Å². The monoisotopic (exact) mass is 434 g/mol. The fraction of sp³-hybridized carbons (Fsp3) is 0.550. The molecule has 156 valence electrons. The first-order valence-electron chi connectivity index (χ1n) is 10.0. The van der Waals surface area contributed by atoms with Crippen LogP contribution in [0.1, 0.15) is 60.7 Å². The van der Waals surface area contributed by atoms with Crippen molar-refractivity contribution in [3.8, 4) is 0 Å². The van der Waals surface area contributed by atoms with Gasteiger partial charge in [-0.3, -0.25) is 9.59 Å². The molecule has 1 amide bonds. The van der Waals surface area contributed by atoms with Crippen LogP contribution in [-0.4, -0.2) is 44.0 Å². The lowest BCUT2D eigenvalue weighted by Gasteiger charge is -2.36. The van der Waals surface area contributed by atoms with E-state index in [1.165, 1.54) is 0 Å². The Labute approximate surface area is 177 Å². The van der Waals surface area contributed by atoms with E-state index in [-0.39, 0.29) is 17.2 Å². The van der Waals surface area contributed by atoms with Gasteiger partial charge in [-0.05, 0) is 50.3 Å². The number of hydrogen-bond donors (Lipinski definition) is 4. The van der Waals surface area contributed by atoms with Crippen LogP contribution in [0.25, 0.3) is 11.0 Å². The molecule has 9 heteroatoms. The number of hydrogen-bond acceptors (Lipinski definition) is 6. The molecular formula is C20H26N4O3S2. The van der Waals surface area contributed by atoms with Gasteiger partial charge in [0.15, 0.2) is 0 Å². The molecule has 2 aliphatic heterocycles. The van der Waals surface area contributed by atoms with Gasteiger partial charge < -0.3 is 21.1 Å². The number of nitrogens with one attached hydrogen (secondary N) is 2. The van der Waals surface area contributed by atoms with E-state index in [9.17, 15) is 9.59 Å². The second-order valence-electron chi connectivity index (χ2n) is 7.84. The first kappa shape index (κ1) is 20.6. The van der Waals surface area contributed by atoms with E-state index in [0.717, 1.165) is 55.7 Å². The van der Waals surface area contributed by atoms with E-state index in [4.69, 9.17) is 15.8 Å². The second kappa shape index (κ2) is 8.57. The molecule has 1 aromatic heterocycles. The molecule has 0 spiro atoms. The summed E-state index contributed by atoms with van der Waals surface area (Å²) >= 11 is 0. The third kappa shape index (κ3) is 4.13. The van der Waals surface area contributed by atoms with E-state index in [2.05, 4.69) is 10.3 Å². The number of amides is 1. The number of imidazole rings is 1. The molecule has 0 radical (unpaired) electrons. The van der Waals surface area contributed by atoms with Crippen molar-refractivity contribution in [3.05, 3.63) is 29.6 Å². The first-order valence-corrected chi connectivity index (χ1v) is 12.4. The standard InChI is InChI=1S/C20H26N4O3S2/c21-18(27)12-4-3-5-14-16(12)24-19(23-14)17-13(7-10-22-17)20(9-11-28-29-20)8-2-1-6-15(25)26/h3-5,13,17,22H,1-2,6-11H2,(H2,21,27)(H,23,24)(H,25,26). The average Bonchev–Trinajstić information content (AvgIpc) is 3.43. The van der Waals surface area contributed by atoms with Crippen molar-refractivity contribution in [1.82, 2.24) is 15.3 Å². The molecule has 2 saturated heterocycles. The fourth-order valence-electron chi connectivity index (χ4n) is 4.67. The van der Waals surface area contributed by atoms with Gasteiger partial charge in [-0.15, -0.1) is 0 Å². The summed E-state index contributed by atoms with van der Waals surface area (Å²) in [6, 6.07) is 5.54. The Hall–Kier alpha value is -1.71. The highest BCUT2D eigenvalue weighted by molar-refractivity contribution is 8.77. The Morgan fingerprint density at radius 3 is 2.93 bits per heavy atom. The highest BCUT2D eigenvalue weighted by Gasteiger charge is 2.48. The van der Waals surface area contributed by atoms with Gasteiger partial charge in [-0.25, -0.2) is 4.98 Å². The topological polar surface area (TPSA) is 121 Å². The molecule has 3 heterocycles. The quantitative estimate of drug-likeness (QED) is 0.371. The number of nitrogens with two attached hydrogens (primary N) is 1. The fourth-order valence-corrected chi connectivity index (χ4v) is 8.43. The molecule has 3 atom stereocenters. The van der Waals surface area contributed by atoms with Gasteiger partial charge in [-0.1, -0.05) is 34.1 Å². The summed E-state index contributed by atoms with van der Waals surface area (Å²) in [5.74, 6) is 1.20. The Bertz CT molecular complexity index is 910. The number of carboxylic acids is 1. The maximum absolute atomic E-state index is 11.8. The molecule has 0 saturated carbocycles. The zero-order chi connectivity index (χ0) is 20.4. The van der Waals surface area contributed by atoms with Gasteiger partial charge in [0, 0.05) is 16.9 Å². The number of carboxylic acid groups (broad SMARTS) is 1. The molecule has 7 nitrogen and oxygen atoms in total. The number of para-hydroxylation sites is 1. The smallest absolute Gasteiger partial charge is 0.303 e. The van der Waals surface area contributed by atoms with Gasteiger partial charge in [0.2, 0.25) is 0 Å². The Morgan fingerprint density at radius 2 is 2.21 bits per heavy atom. The van der Waals surface area contributed by atoms with Crippen LogP contribution in [0.4, 0.5) is 0 Å². The lowest BCUT2D eigenvalue weighted by Crippen LogP contribution is -2.36. The van der Waals surface area contributed by atoms with E-state index in [1.54, 1.807) is 6.07 Å². The minimum absolute atomic E-state index is 0.0915. The lowest BCUT2D eigenvalue weighted by molar-refractivity contribution is -0.137. The second-order valence-corrected chi connectivity index (χ2v) is 10.7. The van der Waals surface area contributed by atoms with Crippen molar-refractivity contribution >= 4 is 44.5 Å². The van der Waals surface area contributed by atoms with Gasteiger partial charge >= 0.3 is 5.97 Å². The average molecular weight is 435 g/mol. The third-order valence-corrected chi connectivity index (χ3v) is 9.44. The van der Waals surface area contributed by atoms with Crippen LogP contribution >= 0.6 is 21.6 Å². The number of aromatic nitrogens is 2. The summed E-state index contributed by atoms with van der Waals surface area (Å²) in [4.78, 5) is 30.8. The number of fused-ring (bicyclic) bond motifs is 1. The predicted octanol–water partition coefficient (Wildman–Crippen LogP) is 3.48. The number of nitrogens with zero attached hydrogens (tertiary/aromatic N) is 1. The molecule has 1 aromatic carbocycles. The summed E-state index contributed by atoms with van der Waals surface area (Å²) in [5, 5.41) is 12.6. The minimum atomic E-state index is -0.722. The molecule has 4 rings (SSSR count). The van der Waals surface area contributed by atoms with Gasteiger partial charge in [0.25, 0.3) is 5.91 Å². The molecule has 3 unspecified atom stereocenters. The number of rotatable bonds is 8. The molecule has 2 aromatic rings. The molecule has 2 aliphatic rings. The number of H-pyrrole nitrogens is 1. The third-order valence-electron chi connectivity index (χ3n) is 6.06. The first-order chi connectivity index (χ1) is 14.0. The maximum Gasteiger partial charge on any atom is 0.303 e. The Balaban J connectivity index is 1.59. The molecule has 5 N–H and O–H groups in total. The Kier molecular flexibility index (Phi) is 6.08. The summed E-state index contributed by atoms with van der Waals surface area (Å²) in [7, 11) is 3.89. The number of carbonyl (C=O) groups excluding carboxylic acids is 1. The number of carbonyl (C=O) groups is 2. The van der Waals surface area contributed by atoms with Crippen molar-refractivity contribution in [3.63, 3.8) is 0 Å². The zero-order valence-electron chi connectivity index (χ0n) is 16.1. The van der Waals surface area contributed by atoms with Crippen molar-refractivity contribution < 1.29 is 14.7 Å². The maximum atomic E-state index is 11.8. The van der Waals surface area contributed by atoms with Crippen LogP contribution in [0.2, 0.25) is 0 Å². The summed E-state index contributed by atoms with van der Waals surface area (Å²) in [6.45, 7) is 0.928. The summed E-state index contributed by atoms with van der Waals surface area (Å²) in [5.41, 5.74) is 7.42. The highest BCUT2D eigenvalue weighted by Crippen LogP contribution is 2.58. The van der Waals surface area contributed by atoms with Crippen LogP contribution in [0.3, 0.4) is 0 Å². The molecule has 0 aliphatic carbocycles. The molecule has 29 heavy (non-hydrogen) atoms. The minimum Gasteiger partial charge on any atom is -0.481 e. The van der Waals surface area contributed by atoms with Gasteiger partial charge in [-0.2, -0.15) is 0 Å². The largest absolute Gasteiger partial charge is 0.481 e.